The molecule has 2 aliphatic heterocycles. The third-order valence-corrected chi connectivity index (χ3v) is 4.83. The molecule has 1 amide bonds. The molecule has 6 heteroatoms. The largest absolute Gasteiger partial charge is 0.376 e. The van der Waals surface area contributed by atoms with Crippen molar-refractivity contribution in [2.24, 2.45) is 0 Å². The van der Waals surface area contributed by atoms with Crippen molar-refractivity contribution in [1.82, 2.24) is 15.1 Å². The highest BCUT2D eigenvalue weighted by Gasteiger charge is 2.28. The third kappa shape index (κ3) is 2.78. The van der Waals surface area contributed by atoms with Crippen LogP contribution in [0.15, 0.2) is 24.3 Å². The summed E-state index contributed by atoms with van der Waals surface area (Å²) in [6, 6.07) is 8.51. The Balaban J connectivity index is 1.44. The standard InChI is InChI=1S/C18H22N4O2/c1-13-3-2-4-14(11-13)21-6-8-22(9-7-21)18(23)17-15-12-24-10-5-16(15)19-20-17/h2-4,11H,5-10,12H2,1H3,(H,19,20). The Morgan fingerprint density at radius 2 is 2.08 bits per heavy atom. The van der Waals surface area contributed by atoms with E-state index in [1.807, 2.05) is 4.90 Å². The minimum atomic E-state index is 0.0156. The minimum absolute atomic E-state index is 0.0156. The van der Waals surface area contributed by atoms with Crippen LogP contribution in [0.3, 0.4) is 0 Å². The van der Waals surface area contributed by atoms with E-state index in [0.29, 0.717) is 18.9 Å². The van der Waals surface area contributed by atoms with Gasteiger partial charge in [0.05, 0.1) is 13.2 Å². The van der Waals surface area contributed by atoms with E-state index in [9.17, 15) is 4.79 Å². The van der Waals surface area contributed by atoms with Gasteiger partial charge >= 0.3 is 0 Å². The fourth-order valence-corrected chi connectivity index (χ4v) is 3.43. The van der Waals surface area contributed by atoms with Crippen molar-refractivity contribution in [2.75, 3.05) is 37.7 Å². The molecule has 0 unspecified atom stereocenters. The van der Waals surface area contributed by atoms with Gasteiger partial charge in [0.1, 0.15) is 0 Å². The van der Waals surface area contributed by atoms with Crippen molar-refractivity contribution in [1.29, 1.82) is 0 Å². The molecule has 2 aromatic rings. The van der Waals surface area contributed by atoms with Gasteiger partial charge in [-0.15, -0.1) is 0 Å². The highest BCUT2D eigenvalue weighted by molar-refractivity contribution is 5.94. The first-order valence-corrected chi connectivity index (χ1v) is 8.47. The summed E-state index contributed by atoms with van der Waals surface area (Å²) in [7, 11) is 0. The summed E-state index contributed by atoms with van der Waals surface area (Å²) in [6.45, 7) is 6.40. The van der Waals surface area contributed by atoms with Gasteiger partial charge in [0.25, 0.3) is 5.91 Å². The predicted octanol–water partition coefficient (Wildman–Crippen LogP) is 1.75. The number of hydrogen-bond acceptors (Lipinski definition) is 4. The number of nitrogens with zero attached hydrogens (tertiary/aromatic N) is 3. The maximum Gasteiger partial charge on any atom is 0.274 e. The van der Waals surface area contributed by atoms with Crippen LogP contribution >= 0.6 is 0 Å². The normalized spacial score (nSPS) is 17.7. The molecule has 3 heterocycles. The summed E-state index contributed by atoms with van der Waals surface area (Å²) in [5.41, 5.74) is 5.01. The molecule has 0 saturated carbocycles. The quantitative estimate of drug-likeness (QED) is 0.913. The van der Waals surface area contributed by atoms with E-state index < -0.39 is 0 Å². The predicted molar refractivity (Wildman–Crippen MR) is 91.2 cm³/mol. The van der Waals surface area contributed by atoms with E-state index in [-0.39, 0.29) is 5.91 Å². The molecule has 0 radical (unpaired) electrons. The van der Waals surface area contributed by atoms with Gasteiger partial charge < -0.3 is 14.5 Å². The first-order chi connectivity index (χ1) is 11.7. The molecule has 4 rings (SSSR count). The Morgan fingerprint density at radius 1 is 1.25 bits per heavy atom. The number of piperazine rings is 1. The molecule has 0 aliphatic carbocycles. The molecule has 1 aromatic heterocycles. The van der Waals surface area contributed by atoms with Crippen LogP contribution in [0, 0.1) is 6.92 Å². The van der Waals surface area contributed by atoms with Crippen molar-refractivity contribution in [3.63, 3.8) is 0 Å². The SMILES string of the molecule is Cc1cccc(N2CCN(C(=O)c3n[nH]c4c3COCC4)CC2)c1. The third-order valence-electron chi connectivity index (χ3n) is 4.83. The smallest absolute Gasteiger partial charge is 0.274 e. The number of carbonyl (C=O) groups is 1. The molecule has 126 valence electrons. The summed E-state index contributed by atoms with van der Waals surface area (Å²) in [5, 5.41) is 7.25. The van der Waals surface area contributed by atoms with Crippen LogP contribution in [-0.4, -0.2) is 53.8 Å². The lowest BCUT2D eigenvalue weighted by Gasteiger charge is -2.36. The van der Waals surface area contributed by atoms with Crippen LogP contribution in [0.1, 0.15) is 27.3 Å². The van der Waals surface area contributed by atoms with Gasteiger partial charge in [0.2, 0.25) is 0 Å². The fraction of sp³-hybridized carbons (Fsp3) is 0.444. The second-order valence-electron chi connectivity index (χ2n) is 6.45. The van der Waals surface area contributed by atoms with E-state index in [0.717, 1.165) is 43.9 Å². The number of aryl methyl sites for hydroxylation is 1. The zero-order valence-electron chi connectivity index (χ0n) is 13.9. The Kier molecular flexibility index (Phi) is 3.98. The first kappa shape index (κ1) is 15.2. The van der Waals surface area contributed by atoms with Crippen LogP contribution in [0.2, 0.25) is 0 Å². The molecule has 1 N–H and O–H groups in total. The van der Waals surface area contributed by atoms with Crippen LogP contribution in [0.5, 0.6) is 0 Å². The number of carbonyl (C=O) groups excluding carboxylic acids is 1. The van der Waals surface area contributed by atoms with E-state index in [1.54, 1.807) is 0 Å². The fourth-order valence-electron chi connectivity index (χ4n) is 3.43. The summed E-state index contributed by atoms with van der Waals surface area (Å²) in [6.07, 6.45) is 0.802. The molecule has 24 heavy (non-hydrogen) atoms. The Labute approximate surface area is 141 Å². The molecule has 2 aliphatic rings. The van der Waals surface area contributed by atoms with Crippen molar-refractivity contribution in [3.8, 4) is 0 Å². The van der Waals surface area contributed by atoms with Crippen molar-refractivity contribution in [3.05, 3.63) is 46.8 Å². The summed E-state index contributed by atoms with van der Waals surface area (Å²) >= 11 is 0. The molecule has 6 nitrogen and oxygen atoms in total. The van der Waals surface area contributed by atoms with Gasteiger partial charge in [-0.25, -0.2) is 0 Å². The Hall–Kier alpha value is -2.34. The number of hydrogen-bond donors (Lipinski definition) is 1. The monoisotopic (exact) mass is 326 g/mol. The average Bonchev–Trinajstić information content (AvgIpc) is 3.05. The zero-order valence-corrected chi connectivity index (χ0v) is 13.9. The number of fused-ring (bicyclic) bond motifs is 1. The van der Waals surface area contributed by atoms with E-state index >= 15 is 0 Å². The van der Waals surface area contributed by atoms with Gasteiger partial charge in [0, 0.05) is 49.5 Å². The Morgan fingerprint density at radius 3 is 2.88 bits per heavy atom. The van der Waals surface area contributed by atoms with Gasteiger partial charge in [-0.05, 0) is 24.6 Å². The van der Waals surface area contributed by atoms with Crippen molar-refractivity contribution in [2.45, 2.75) is 20.0 Å². The number of nitrogens with one attached hydrogen (secondary N) is 1. The summed E-state index contributed by atoms with van der Waals surface area (Å²) in [5.74, 6) is 0.0156. The van der Waals surface area contributed by atoms with E-state index in [4.69, 9.17) is 4.74 Å². The molecule has 1 saturated heterocycles. The number of H-pyrrole nitrogens is 1. The number of anilines is 1. The lowest BCUT2D eigenvalue weighted by Crippen LogP contribution is -2.49. The van der Waals surface area contributed by atoms with Gasteiger partial charge in [0.15, 0.2) is 5.69 Å². The van der Waals surface area contributed by atoms with Gasteiger partial charge in [-0.3, -0.25) is 9.89 Å². The maximum absolute atomic E-state index is 12.8. The average molecular weight is 326 g/mol. The highest BCUT2D eigenvalue weighted by atomic mass is 16.5. The lowest BCUT2D eigenvalue weighted by molar-refractivity contribution is 0.0727. The molecule has 0 bridgehead atoms. The molecular weight excluding hydrogens is 304 g/mol. The topological polar surface area (TPSA) is 61.5 Å². The lowest BCUT2D eigenvalue weighted by atomic mass is 10.1. The minimum Gasteiger partial charge on any atom is -0.376 e. The van der Waals surface area contributed by atoms with Crippen LogP contribution in [0.25, 0.3) is 0 Å². The Bertz CT molecular complexity index is 747. The second-order valence-corrected chi connectivity index (χ2v) is 6.45. The van der Waals surface area contributed by atoms with Crippen molar-refractivity contribution < 1.29 is 9.53 Å². The zero-order chi connectivity index (χ0) is 16.5. The van der Waals surface area contributed by atoms with Crippen LogP contribution in [0.4, 0.5) is 5.69 Å². The van der Waals surface area contributed by atoms with Crippen molar-refractivity contribution >= 4 is 11.6 Å². The number of benzene rings is 1. The first-order valence-electron chi connectivity index (χ1n) is 8.47. The maximum atomic E-state index is 12.8. The molecule has 1 fully saturated rings. The molecule has 0 atom stereocenters. The number of aromatic nitrogens is 2. The second kappa shape index (κ2) is 6.28. The number of aromatic amines is 1. The molecule has 0 spiro atoms. The molecular formula is C18H22N4O2. The number of amides is 1. The van der Waals surface area contributed by atoms with Gasteiger partial charge in [-0.1, -0.05) is 12.1 Å². The molecule has 1 aromatic carbocycles. The summed E-state index contributed by atoms with van der Waals surface area (Å²) in [4.78, 5) is 17.0. The van der Waals surface area contributed by atoms with Crippen LogP contribution < -0.4 is 4.90 Å². The van der Waals surface area contributed by atoms with Gasteiger partial charge in [-0.2, -0.15) is 5.10 Å². The van der Waals surface area contributed by atoms with E-state index in [2.05, 4.69) is 46.3 Å². The number of rotatable bonds is 2. The number of ether oxygens (including phenoxy) is 1. The van der Waals surface area contributed by atoms with Crippen LogP contribution in [-0.2, 0) is 17.8 Å². The summed E-state index contributed by atoms with van der Waals surface area (Å²) < 4.78 is 5.48. The van der Waals surface area contributed by atoms with E-state index in [1.165, 1.54) is 11.3 Å². The highest BCUT2D eigenvalue weighted by Crippen LogP contribution is 2.22.